The van der Waals surface area contributed by atoms with Crippen molar-refractivity contribution in [1.29, 1.82) is 0 Å². The third kappa shape index (κ3) is 3.65. The summed E-state index contributed by atoms with van der Waals surface area (Å²) in [5.41, 5.74) is 3.10. The maximum Gasteiger partial charge on any atom is 0.0762 e. The van der Waals surface area contributed by atoms with Crippen molar-refractivity contribution in [3.05, 3.63) is 58.1 Å². The Morgan fingerprint density at radius 3 is 2.21 bits per heavy atom. The van der Waals surface area contributed by atoms with E-state index in [9.17, 15) is 0 Å². The highest BCUT2D eigenvalue weighted by Gasteiger charge is 2.09. The van der Waals surface area contributed by atoms with E-state index in [1.807, 2.05) is 24.3 Å². The Morgan fingerprint density at radius 2 is 1.58 bits per heavy atom. The number of anilines is 2. The zero-order valence-electron chi connectivity index (χ0n) is 11.1. The minimum atomic E-state index is 0.602. The van der Waals surface area contributed by atoms with Gasteiger partial charge in [-0.15, -0.1) is 0 Å². The van der Waals surface area contributed by atoms with Crippen LogP contribution >= 0.6 is 23.2 Å². The first-order chi connectivity index (χ1) is 9.08. The summed E-state index contributed by atoms with van der Waals surface area (Å²) < 4.78 is 0. The van der Waals surface area contributed by atoms with Crippen LogP contribution in [0.3, 0.4) is 0 Å². The summed E-state index contributed by atoms with van der Waals surface area (Å²) in [6, 6.07) is 13.8. The molecule has 1 N–H and O–H groups in total. The average molecular weight is 294 g/mol. The van der Waals surface area contributed by atoms with Crippen molar-refractivity contribution < 1.29 is 0 Å². The van der Waals surface area contributed by atoms with Crippen LogP contribution in [0, 0.1) is 5.92 Å². The van der Waals surface area contributed by atoms with Crippen molar-refractivity contribution in [3.63, 3.8) is 0 Å². The van der Waals surface area contributed by atoms with Gasteiger partial charge < -0.3 is 5.32 Å². The van der Waals surface area contributed by atoms with Crippen molar-refractivity contribution in [1.82, 2.24) is 0 Å². The summed E-state index contributed by atoms with van der Waals surface area (Å²) in [6.45, 7) is 4.42. The Kier molecular flexibility index (Phi) is 4.73. The van der Waals surface area contributed by atoms with Gasteiger partial charge in [-0.3, -0.25) is 0 Å². The Bertz CT molecular complexity index is 544. The van der Waals surface area contributed by atoms with Gasteiger partial charge in [-0.2, -0.15) is 0 Å². The summed E-state index contributed by atoms with van der Waals surface area (Å²) in [6.07, 6.45) is 1.02. The molecule has 2 aromatic rings. The van der Waals surface area contributed by atoms with E-state index in [2.05, 4.69) is 37.4 Å². The second kappa shape index (κ2) is 6.31. The monoisotopic (exact) mass is 293 g/mol. The fourth-order valence-electron chi connectivity index (χ4n) is 2.01. The van der Waals surface area contributed by atoms with Crippen molar-refractivity contribution in [2.45, 2.75) is 20.3 Å². The lowest BCUT2D eigenvalue weighted by Gasteiger charge is -2.15. The maximum absolute atomic E-state index is 6.19. The largest absolute Gasteiger partial charge is 0.353 e. The van der Waals surface area contributed by atoms with Crippen LogP contribution in [0.25, 0.3) is 0 Å². The van der Waals surface area contributed by atoms with Gasteiger partial charge in [-0.05, 0) is 36.1 Å². The van der Waals surface area contributed by atoms with Crippen LogP contribution in [0.1, 0.15) is 19.4 Å². The standard InChI is InChI=1S/C16H17Cl2N/c1-11(2)10-12-6-3-4-9-15(12)19-16-13(17)7-5-8-14(16)18/h3-9,11,19H,10H2,1-2H3. The Morgan fingerprint density at radius 1 is 0.947 bits per heavy atom. The van der Waals surface area contributed by atoms with Gasteiger partial charge in [0.2, 0.25) is 0 Å². The average Bonchev–Trinajstić information content (AvgIpc) is 2.35. The molecule has 0 aliphatic heterocycles. The highest BCUT2D eigenvalue weighted by Crippen LogP contribution is 2.33. The Hall–Kier alpha value is -1.18. The first kappa shape index (κ1) is 14.2. The van der Waals surface area contributed by atoms with Crippen LogP contribution in [-0.2, 0) is 6.42 Å². The zero-order valence-corrected chi connectivity index (χ0v) is 12.6. The van der Waals surface area contributed by atoms with Crippen LogP contribution in [0.5, 0.6) is 0 Å². The molecule has 0 unspecified atom stereocenters. The molecule has 0 heterocycles. The zero-order chi connectivity index (χ0) is 13.8. The lowest BCUT2D eigenvalue weighted by molar-refractivity contribution is 0.648. The molecule has 0 radical (unpaired) electrons. The van der Waals surface area contributed by atoms with Gasteiger partial charge in [-0.25, -0.2) is 0 Å². The third-order valence-corrected chi connectivity index (χ3v) is 3.50. The van der Waals surface area contributed by atoms with Gasteiger partial charge in [0.25, 0.3) is 0 Å². The van der Waals surface area contributed by atoms with E-state index in [0.29, 0.717) is 16.0 Å². The first-order valence-corrected chi connectivity index (χ1v) is 7.12. The number of rotatable bonds is 4. The molecule has 0 aliphatic rings. The van der Waals surface area contributed by atoms with Crippen LogP contribution < -0.4 is 5.32 Å². The van der Waals surface area contributed by atoms with E-state index >= 15 is 0 Å². The highest BCUT2D eigenvalue weighted by atomic mass is 35.5. The van der Waals surface area contributed by atoms with E-state index in [1.54, 1.807) is 0 Å². The lowest BCUT2D eigenvalue weighted by atomic mass is 10.0. The maximum atomic E-state index is 6.19. The molecule has 0 saturated carbocycles. The summed E-state index contributed by atoms with van der Waals surface area (Å²) in [7, 11) is 0. The molecular formula is C16H17Cl2N. The van der Waals surface area contributed by atoms with E-state index in [1.165, 1.54) is 5.56 Å². The second-order valence-electron chi connectivity index (χ2n) is 4.98. The number of benzene rings is 2. The fourth-order valence-corrected chi connectivity index (χ4v) is 2.50. The minimum absolute atomic E-state index is 0.602. The Labute approximate surface area is 124 Å². The van der Waals surface area contributed by atoms with Gasteiger partial charge >= 0.3 is 0 Å². The normalized spacial score (nSPS) is 10.8. The molecule has 2 aromatic carbocycles. The van der Waals surface area contributed by atoms with E-state index in [-0.39, 0.29) is 0 Å². The van der Waals surface area contributed by atoms with Crippen molar-refractivity contribution in [2.24, 2.45) is 5.92 Å². The number of para-hydroxylation sites is 2. The molecule has 1 nitrogen and oxygen atoms in total. The number of hydrogen-bond donors (Lipinski definition) is 1. The Balaban J connectivity index is 2.33. The van der Waals surface area contributed by atoms with E-state index in [0.717, 1.165) is 17.8 Å². The molecule has 3 heteroatoms. The predicted molar refractivity (Wildman–Crippen MR) is 84.7 cm³/mol. The third-order valence-electron chi connectivity index (χ3n) is 2.87. The quantitative estimate of drug-likeness (QED) is 0.736. The predicted octanol–water partition coefficient (Wildman–Crippen LogP) is 5.94. The smallest absolute Gasteiger partial charge is 0.0762 e. The molecule has 2 rings (SSSR count). The molecule has 0 bridgehead atoms. The number of hydrogen-bond acceptors (Lipinski definition) is 1. The topological polar surface area (TPSA) is 12.0 Å². The van der Waals surface area contributed by atoms with Crippen LogP contribution in [0.15, 0.2) is 42.5 Å². The molecule has 0 aromatic heterocycles. The molecule has 0 saturated heterocycles. The second-order valence-corrected chi connectivity index (χ2v) is 5.79. The molecule has 0 amide bonds. The SMILES string of the molecule is CC(C)Cc1ccccc1Nc1c(Cl)cccc1Cl. The van der Waals surface area contributed by atoms with E-state index < -0.39 is 0 Å². The van der Waals surface area contributed by atoms with E-state index in [4.69, 9.17) is 23.2 Å². The van der Waals surface area contributed by atoms with Gasteiger partial charge in [0, 0.05) is 5.69 Å². The van der Waals surface area contributed by atoms with Crippen molar-refractivity contribution in [3.8, 4) is 0 Å². The minimum Gasteiger partial charge on any atom is -0.353 e. The lowest BCUT2D eigenvalue weighted by Crippen LogP contribution is -2.00. The van der Waals surface area contributed by atoms with Crippen molar-refractivity contribution >= 4 is 34.6 Å². The van der Waals surface area contributed by atoms with Crippen LogP contribution in [0.2, 0.25) is 10.0 Å². The van der Waals surface area contributed by atoms with Crippen LogP contribution in [-0.4, -0.2) is 0 Å². The molecule has 0 aliphatic carbocycles. The van der Waals surface area contributed by atoms with Gasteiger partial charge in [0.05, 0.1) is 15.7 Å². The van der Waals surface area contributed by atoms with Gasteiger partial charge in [0.1, 0.15) is 0 Å². The molecule has 0 atom stereocenters. The molecule has 0 spiro atoms. The van der Waals surface area contributed by atoms with Gasteiger partial charge in [-0.1, -0.05) is 61.3 Å². The first-order valence-electron chi connectivity index (χ1n) is 6.37. The number of nitrogens with one attached hydrogen (secondary N) is 1. The summed E-state index contributed by atoms with van der Waals surface area (Å²) in [4.78, 5) is 0. The highest BCUT2D eigenvalue weighted by molar-refractivity contribution is 6.39. The summed E-state index contributed by atoms with van der Waals surface area (Å²) >= 11 is 12.4. The number of halogens is 2. The molecule has 0 fully saturated rings. The van der Waals surface area contributed by atoms with Gasteiger partial charge in [0.15, 0.2) is 0 Å². The summed E-state index contributed by atoms with van der Waals surface area (Å²) in [5.74, 6) is 0.602. The van der Waals surface area contributed by atoms with Crippen molar-refractivity contribution in [2.75, 3.05) is 5.32 Å². The fraction of sp³-hybridized carbons (Fsp3) is 0.250. The molecular weight excluding hydrogens is 277 g/mol. The molecule has 100 valence electrons. The van der Waals surface area contributed by atoms with Crippen LogP contribution in [0.4, 0.5) is 11.4 Å². The summed E-state index contributed by atoms with van der Waals surface area (Å²) in [5, 5.41) is 4.61. The molecule has 19 heavy (non-hydrogen) atoms.